The maximum atomic E-state index is 6.09. The highest BCUT2D eigenvalue weighted by Crippen LogP contribution is 2.31. The van der Waals surface area contributed by atoms with E-state index in [9.17, 15) is 0 Å². The van der Waals surface area contributed by atoms with E-state index in [2.05, 4.69) is 0 Å². The quantitative estimate of drug-likeness (QED) is 0.811. The Morgan fingerprint density at radius 1 is 1.20 bits per heavy atom. The Hall–Kier alpha value is -0.440. The Morgan fingerprint density at radius 2 is 1.93 bits per heavy atom. The molecule has 1 rings (SSSR count). The summed E-state index contributed by atoms with van der Waals surface area (Å²) in [5.74, 6) is 0.615. The van der Waals surface area contributed by atoms with Crippen molar-refractivity contribution in [1.29, 1.82) is 0 Å². The lowest BCUT2D eigenvalue weighted by Crippen LogP contribution is -1.99. The van der Waals surface area contributed by atoms with E-state index in [1.54, 1.807) is 13.2 Å². The van der Waals surface area contributed by atoms with Gasteiger partial charge in [0.15, 0.2) is 0 Å². The summed E-state index contributed by atoms with van der Waals surface area (Å²) >= 11 is 12.1. The van der Waals surface area contributed by atoms with Gasteiger partial charge in [-0.3, -0.25) is 0 Å². The molecule has 0 heterocycles. The fraction of sp³-hybridized carbons (Fsp3) is 0.455. The van der Waals surface area contributed by atoms with Gasteiger partial charge in [0.05, 0.1) is 12.1 Å². The number of nitrogens with two attached hydrogens (primary N) is 1. The number of aryl methyl sites for hydroxylation is 1. The number of hydrogen-bond acceptors (Lipinski definition) is 2. The number of rotatable bonds is 5. The minimum absolute atomic E-state index is 0.602. The van der Waals surface area contributed by atoms with Crippen LogP contribution in [0.15, 0.2) is 12.1 Å². The van der Waals surface area contributed by atoms with Crippen LogP contribution in [0.5, 0.6) is 5.75 Å². The van der Waals surface area contributed by atoms with Gasteiger partial charge in [-0.25, -0.2) is 0 Å². The van der Waals surface area contributed by atoms with Crippen LogP contribution in [0.3, 0.4) is 0 Å². The van der Waals surface area contributed by atoms with Gasteiger partial charge in [-0.05, 0) is 37.4 Å². The van der Waals surface area contributed by atoms with Crippen LogP contribution in [0, 0.1) is 0 Å². The van der Waals surface area contributed by atoms with Crippen molar-refractivity contribution in [1.82, 2.24) is 0 Å². The van der Waals surface area contributed by atoms with Crippen LogP contribution in [0.25, 0.3) is 0 Å². The van der Waals surface area contributed by atoms with Gasteiger partial charge < -0.3 is 10.5 Å². The molecule has 0 fully saturated rings. The largest absolute Gasteiger partial charge is 0.495 e. The van der Waals surface area contributed by atoms with Gasteiger partial charge in [0, 0.05) is 11.1 Å². The molecule has 2 N–H and O–H groups in total. The SMILES string of the molecule is COc1cc(Cl)c(CCCCN)cc1Cl. The summed E-state index contributed by atoms with van der Waals surface area (Å²) in [6.07, 6.45) is 2.93. The molecule has 0 aromatic heterocycles. The fourth-order valence-electron chi connectivity index (χ4n) is 1.38. The predicted molar refractivity (Wildman–Crippen MR) is 65.0 cm³/mol. The topological polar surface area (TPSA) is 35.2 Å². The van der Waals surface area contributed by atoms with Gasteiger partial charge in [-0.1, -0.05) is 23.2 Å². The lowest BCUT2D eigenvalue weighted by Gasteiger charge is -2.08. The van der Waals surface area contributed by atoms with Crippen LogP contribution in [0.4, 0.5) is 0 Å². The van der Waals surface area contributed by atoms with Crippen molar-refractivity contribution in [2.75, 3.05) is 13.7 Å². The van der Waals surface area contributed by atoms with Crippen LogP contribution in [0.1, 0.15) is 18.4 Å². The van der Waals surface area contributed by atoms with Gasteiger partial charge in [0.2, 0.25) is 0 Å². The molecule has 0 radical (unpaired) electrons. The Bertz CT molecular complexity index is 329. The summed E-state index contributed by atoms with van der Waals surface area (Å²) in [5.41, 5.74) is 6.48. The molecule has 0 aliphatic rings. The van der Waals surface area contributed by atoms with Crippen molar-refractivity contribution in [2.24, 2.45) is 5.73 Å². The Morgan fingerprint density at radius 3 is 2.53 bits per heavy atom. The normalized spacial score (nSPS) is 10.4. The predicted octanol–water partition coefficient (Wildman–Crippen LogP) is 3.28. The monoisotopic (exact) mass is 247 g/mol. The molecular formula is C11H15Cl2NO. The fourth-order valence-corrected chi connectivity index (χ4v) is 1.89. The molecule has 0 atom stereocenters. The van der Waals surface area contributed by atoms with E-state index in [4.69, 9.17) is 33.7 Å². The van der Waals surface area contributed by atoms with Crippen molar-refractivity contribution in [2.45, 2.75) is 19.3 Å². The summed E-state index contributed by atoms with van der Waals surface area (Å²) in [5, 5.41) is 1.30. The highest BCUT2D eigenvalue weighted by Gasteiger charge is 2.07. The molecule has 1 aromatic rings. The highest BCUT2D eigenvalue weighted by atomic mass is 35.5. The first-order valence-corrected chi connectivity index (χ1v) is 5.66. The second-order valence-electron chi connectivity index (χ2n) is 3.32. The number of methoxy groups -OCH3 is 1. The molecule has 0 amide bonds. The van der Waals surface area contributed by atoms with Crippen molar-refractivity contribution < 1.29 is 4.74 Å². The van der Waals surface area contributed by atoms with Gasteiger partial charge in [-0.2, -0.15) is 0 Å². The van der Waals surface area contributed by atoms with Crippen LogP contribution in [-0.4, -0.2) is 13.7 Å². The molecule has 84 valence electrons. The molecule has 0 aliphatic carbocycles. The third kappa shape index (κ3) is 3.56. The molecule has 15 heavy (non-hydrogen) atoms. The summed E-state index contributed by atoms with van der Waals surface area (Å²) in [6.45, 7) is 0.710. The molecule has 0 aliphatic heterocycles. The molecular weight excluding hydrogens is 233 g/mol. The van der Waals surface area contributed by atoms with E-state index < -0.39 is 0 Å². The summed E-state index contributed by atoms with van der Waals surface area (Å²) in [7, 11) is 1.58. The number of hydrogen-bond donors (Lipinski definition) is 1. The summed E-state index contributed by atoms with van der Waals surface area (Å²) in [6, 6.07) is 3.61. The Balaban J connectivity index is 2.76. The molecule has 0 unspecified atom stereocenters. The maximum Gasteiger partial charge on any atom is 0.138 e. The highest BCUT2D eigenvalue weighted by molar-refractivity contribution is 6.34. The standard InChI is InChI=1S/C11H15Cl2NO/c1-15-11-7-9(12)8(6-10(11)13)4-2-3-5-14/h6-7H,2-5,14H2,1H3. The average Bonchev–Trinajstić information content (AvgIpc) is 2.23. The lowest BCUT2D eigenvalue weighted by molar-refractivity contribution is 0.415. The van der Waals surface area contributed by atoms with Crippen LogP contribution in [-0.2, 0) is 6.42 Å². The summed E-state index contributed by atoms with van der Waals surface area (Å²) in [4.78, 5) is 0. The van der Waals surface area contributed by atoms with Crippen LogP contribution < -0.4 is 10.5 Å². The van der Waals surface area contributed by atoms with Crippen molar-refractivity contribution in [3.63, 3.8) is 0 Å². The Kier molecular flexibility index (Phi) is 5.23. The smallest absolute Gasteiger partial charge is 0.138 e. The van der Waals surface area contributed by atoms with Crippen LogP contribution >= 0.6 is 23.2 Å². The molecule has 0 saturated carbocycles. The maximum absolute atomic E-state index is 6.09. The van der Waals surface area contributed by atoms with E-state index >= 15 is 0 Å². The lowest BCUT2D eigenvalue weighted by atomic mass is 10.1. The van der Waals surface area contributed by atoms with Gasteiger partial charge >= 0.3 is 0 Å². The summed E-state index contributed by atoms with van der Waals surface area (Å²) < 4.78 is 5.07. The first kappa shape index (κ1) is 12.6. The molecule has 0 saturated heterocycles. The molecule has 0 bridgehead atoms. The van der Waals surface area contributed by atoms with Gasteiger partial charge in [-0.15, -0.1) is 0 Å². The molecule has 0 spiro atoms. The average molecular weight is 248 g/mol. The molecule has 1 aromatic carbocycles. The minimum atomic E-state index is 0.602. The van der Waals surface area contributed by atoms with Crippen LogP contribution in [0.2, 0.25) is 10.0 Å². The zero-order valence-electron chi connectivity index (χ0n) is 8.72. The molecule has 4 heteroatoms. The van der Waals surface area contributed by atoms with E-state index in [-0.39, 0.29) is 0 Å². The van der Waals surface area contributed by atoms with E-state index in [0.29, 0.717) is 22.3 Å². The van der Waals surface area contributed by atoms with Crippen molar-refractivity contribution in [3.8, 4) is 5.75 Å². The van der Waals surface area contributed by atoms with E-state index in [1.165, 1.54) is 0 Å². The first-order valence-electron chi connectivity index (χ1n) is 4.91. The van der Waals surface area contributed by atoms with Crippen molar-refractivity contribution >= 4 is 23.2 Å². The second-order valence-corrected chi connectivity index (χ2v) is 4.14. The number of unbranched alkanes of at least 4 members (excludes halogenated alkanes) is 1. The van der Waals surface area contributed by atoms with E-state index in [0.717, 1.165) is 24.8 Å². The third-order valence-electron chi connectivity index (χ3n) is 2.22. The number of benzene rings is 1. The zero-order chi connectivity index (χ0) is 11.3. The first-order chi connectivity index (χ1) is 7.19. The van der Waals surface area contributed by atoms with E-state index in [1.807, 2.05) is 6.07 Å². The molecule has 2 nitrogen and oxygen atoms in total. The van der Waals surface area contributed by atoms with Gasteiger partial charge in [0.25, 0.3) is 0 Å². The second kappa shape index (κ2) is 6.21. The zero-order valence-corrected chi connectivity index (χ0v) is 10.2. The number of ether oxygens (including phenoxy) is 1. The third-order valence-corrected chi connectivity index (χ3v) is 2.87. The Labute approximate surface area is 100 Å². The van der Waals surface area contributed by atoms with Gasteiger partial charge in [0.1, 0.15) is 5.75 Å². The minimum Gasteiger partial charge on any atom is -0.495 e. The number of halogens is 2. The van der Waals surface area contributed by atoms with Crippen molar-refractivity contribution in [3.05, 3.63) is 27.7 Å².